The van der Waals surface area contributed by atoms with Crippen molar-refractivity contribution in [2.75, 3.05) is 23.4 Å². The lowest BCUT2D eigenvalue weighted by atomic mass is 10.2. The van der Waals surface area contributed by atoms with Gasteiger partial charge in [0, 0.05) is 30.4 Å². The molecule has 1 fully saturated rings. The van der Waals surface area contributed by atoms with Crippen LogP contribution in [0.2, 0.25) is 0 Å². The minimum atomic E-state index is -0.322. The van der Waals surface area contributed by atoms with Gasteiger partial charge in [-0.15, -0.1) is 0 Å². The van der Waals surface area contributed by atoms with Gasteiger partial charge in [-0.1, -0.05) is 12.1 Å². The fraction of sp³-hybridized carbons (Fsp3) is 0.211. The van der Waals surface area contributed by atoms with Crippen LogP contribution in [0.4, 0.5) is 11.4 Å². The smallest absolute Gasteiger partial charge is 0.262 e. The van der Waals surface area contributed by atoms with Gasteiger partial charge in [0.2, 0.25) is 5.91 Å². The predicted molar refractivity (Wildman–Crippen MR) is 93.3 cm³/mol. The van der Waals surface area contributed by atoms with Crippen LogP contribution >= 0.6 is 0 Å². The van der Waals surface area contributed by atoms with Gasteiger partial charge < -0.3 is 15.0 Å². The molecular weight excluding hydrogens is 318 g/mol. The molecule has 2 aromatic rings. The molecule has 2 aromatic carbocycles. The molecule has 0 saturated carbocycles. The number of nitrogens with one attached hydrogen (secondary N) is 1. The lowest BCUT2D eigenvalue weighted by molar-refractivity contribution is -0.118. The zero-order chi connectivity index (χ0) is 17.6. The fourth-order valence-corrected chi connectivity index (χ4v) is 2.67. The summed E-state index contributed by atoms with van der Waals surface area (Å²) in [6.45, 7) is 0.548. The molecule has 0 radical (unpaired) electrons. The maximum atomic E-state index is 12.0. The van der Waals surface area contributed by atoms with E-state index in [1.165, 1.54) is 0 Å². The van der Waals surface area contributed by atoms with Crippen LogP contribution < -0.4 is 15.0 Å². The molecule has 2 amide bonds. The summed E-state index contributed by atoms with van der Waals surface area (Å²) >= 11 is 0. The number of hydrogen-bond donors (Lipinski definition) is 1. The first-order chi connectivity index (χ1) is 12.2. The Labute approximate surface area is 145 Å². The van der Waals surface area contributed by atoms with Gasteiger partial charge in [-0.25, -0.2) is 0 Å². The van der Waals surface area contributed by atoms with Crippen LogP contribution in [0.1, 0.15) is 18.4 Å². The lowest BCUT2D eigenvalue weighted by Gasteiger charge is -2.16. The van der Waals surface area contributed by atoms with Crippen molar-refractivity contribution in [3.8, 4) is 11.8 Å². The molecule has 1 N–H and O–H groups in total. The van der Waals surface area contributed by atoms with Gasteiger partial charge in [-0.2, -0.15) is 5.26 Å². The Bertz CT molecular complexity index is 842. The van der Waals surface area contributed by atoms with Crippen molar-refractivity contribution in [1.29, 1.82) is 5.26 Å². The predicted octanol–water partition coefficient (Wildman–Crippen LogP) is 2.70. The monoisotopic (exact) mass is 335 g/mol. The zero-order valence-corrected chi connectivity index (χ0v) is 13.6. The molecule has 0 aliphatic carbocycles. The molecule has 0 unspecified atom stereocenters. The summed E-state index contributed by atoms with van der Waals surface area (Å²) < 4.78 is 5.52. The van der Waals surface area contributed by atoms with E-state index in [4.69, 9.17) is 10.00 Å². The van der Waals surface area contributed by atoms with Gasteiger partial charge >= 0.3 is 0 Å². The average molecular weight is 335 g/mol. The third kappa shape index (κ3) is 4.15. The SMILES string of the molecule is N#Cc1cccc(NC(=O)COc2cccc(N3CCCC3=O)c2)c1. The van der Waals surface area contributed by atoms with Crippen LogP contribution in [0.3, 0.4) is 0 Å². The highest BCUT2D eigenvalue weighted by atomic mass is 16.5. The molecule has 0 bridgehead atoms. The Balaban J connectivity index is 1.58. The molecule has 25 heavy (non-hydrogen) atoms. The molecule has 3 rings (SSSR count). The van der Waals surface area contributed by atoms with Crippen molar-refractivity contribution < 1.29 is 14.3 Å². The third-order valence-corrected chi connectivity index (χ3v) is 3.85. The highest BCUT2D eigenvalue weighted by molar-refractivity contribution is 5.95. The van der Waals surface area contributed by atoms with E-state index >= 15 is 0 Å². The third-order valence-electron chi connectivity index (χ3n) is 3.85. The van der Waals surface area contributed by atoms with E-state index in [2.05, 4.69) is 5.32 Å². The Morgan fingerprint density at radius 2 is 2.08 bits per heavy atom. The summed E-state index contributed by atoms with van der Waals surface area (Å²) in [6.07, 6.45) is 1.42. The van der Waals surface area contributed by atoms with E-state index in [0.29, 0.717) is 30.0 Å². The quantitative estimate of drug-likeness (QED) is 0.911. The average Bonchev–Trinajstić information content (AvgIpc) is 3.06. The van der Waals surface area contributed by atoms with E-state index in [-0.39, 0.29) is 18.4 Å². The minimum absolute atomic E-state index is 0.104. The Morgan fingerprint density at radius 1 is 1.24 bits per heavy atom. The molecule has 1 aliphatic rings. The maximum absolute atomic E-state index is 12.0. The molecule has 1 saturated heterocycles. The number of hydrogen-bond acceptors (Lipinski definition) is 4. The first kappa shape index (κ1) is 16.5. The summed E-state index contributed by atoms with van der Waals surface area (Å²) in [7, 11) is 0. The highest BCUT2D eigenvalue weighted by Crippen LogP contribution is 2.25. The molecule has 6 nitrogen and oxygen atoms in total. The number of nitrogens with zero attached hydrogens (tertiary/aromatic N) is 2. The van der Waals surface area contributed by atoms with Crippen LogP contribution in [0.25, 0.3) is 0 Å². The van der Waals surface area contributed by atoms with Gasteiger partial charge in [-0.05, 0) is 36.8 Å². The lowest BCUT2D eigenvalue weighted by Crippen LogP contribution is -2.24. The van der Waals surface area contributed by atoms with Crippen LogP contribution in [-0.4, -0.2) is 25.0 Å². The molecule has 0 atom stereocenters. The molecule has 0 spiro atoms. The van der Waals surface area contributed by atoms with Crippen LogP contribution in [0.5, 0.6) is 5.75 Å². The van der Waals surface area contributed by atoms with Crippen LogP contribution in [0.15, 0.2) is 48.5 Å². The molecular formula is C19H17N3O3. The number of rotatable bonds is 5. The minimum Gasteiger partial charge on any atom is -0.484 e. The Morgan fingerprint density at radius 3 is 2.84 bits per heavy atom. The van der Waals surface area contributed by atoms with Crippen molar-refractivity contribution in [2.24, 2.45) is 0 Å². The summed E-state index contributed by atoms with van der Waals surface area (Å²) in [5.74, 6) is 0.308. The highest BCUT2D eigenvalue weighted by Gasteiger charge is 2.21. The topological polar surface area (TPSA) is 82.4 Å². The van der Waals surface area contributed by atoms with Crippen molar-refractivity contribution in [3.05, 3.63) is 54.1 Å². The van der Waals surface area contributed by atoms with Gasteiger partial charge in [0.25, 0.3) is 5.91 Å². The van der Waals surface area contributed by atoms with E-state index in [1.54, 1.807) is 47.4 Å². The number of anilines is 2. The summed E-state index contributed by atoms with van der Waals surface area (Å²) in [6, 6.07) is 15.8. The largest absolute Gasteiger partial charge is 0.484 e. The number of benzene rings is 2. The number of nitriles is 1. The standard InChI is InChI=1S/C19H17N3O3/c20-12-14-4-1-5-15(10-14)21-18(23)13-25-17-7-2-6-16(11-17)22-9-3-8-19(22)24/h1-2,4-7,10-11H,3,8-9,13H2,(H,21,23). The van der Waals surface area contributed by atoms with E-state index in [1.807, 2.05) is 12.1 Å². The van der Waals surface area contributed by atoms with Crippen molar-refractivity contribution in [2.45, 2.75) is 12.8 Å². The molecule has 1 heterocycles. The molecule has 1 aliphatic heterocycles. The van der Waals surface area contributed by atoms with Gasteiger partial charge in [0.1, 0.15) is 5.75 Å². The maximum Gasteiger partial charge on any atom is 0.262 e. The van der Waals surface area contributed by atoms with Gasteiger partial charge in [-0.3, -0.25) is 9.59 Å². The normalized spacial score (nSPS) is 13.4. The van der Waals surface area contributed by atoms with Crippen molar-refractivity contribution in [1.82, 2.24) is 0 Å². The second-order valence-corrected chi connectivity index (χ2v) is 5.68. The Hall–Kier alpha value is -3.33. The fourth-order valence-electron chi connectivity index (χ4n) is 2.67. The molecule has 0 aromatic heterocycles. The number of carbonyl (C=O) groups excluding carboxylic acids is 2. The number of ether oxygens (including phenoxy) is 1. The number of carbonyl (C=O) groups is 2. The second kappa shape index (κ2) is 7.49. The summed E-state index contributed by atoms with van der Waals surface area (Å²) in [5.41, 5.74) is 1.80. The number of amides is 2. The van der Waals surface area contributed by atoms with Gasteiger partial charge in [0.05, 0.1) is 11.6 Å². The van der Waals surface area contributed by atoms with E-state index < -0.39 is 0 Å². The first-order valence-electron chi connectivity index (χ1n) is 7.99. The second-order valence-electron chi connectivity index (χ2n) is 5.68. The van der Waals surface area contributed by atoms with E-state index in [0.717, 1.165) is 12.1 Å². The van der Waals surface area contributed by atoms with Crippen LogP contribution in [0, 0.1) is 11.3 Å². The molecule has 6 heteroatoms. The molecule has 126 valence electrons. The van der Waals surface area contributed by atoms with E-state index in [9.17, 15) is 9.59 Å². The first-order valence-corrected chi connectivity index (χ1v) is 7.99. The summed E-state index contributed by atoms with van der Waals surface area (Å²) in [5, 5.41) is 11.6. The van der Waals surface area contributed by atoms with Crippen molar-refractivity contribution in [3.63, 3.8) is 0 Å². The van der Waals surface area contributed by atoms with Crippen LogP contribution in [-0.2, 0) is 9.59 Å². The van der Waals surface area contributed by atoms with Gasteiger partial charge in [0.15, 0.2) is 6.61 Å². The zero-order valence-electron chi connectivity index (χ0n) is 13.6. The Kier molecular flexibility index (Phi) is 4.95. The van der Waals surface area contributed by atoms with Crippen molar-refractivity contribution >= 4 is 23.2 Å². The summed E-state index contributed by atoms with van der Waals surface area (Å²) in [4.78, 5) is 25.5.